The summed E-state index contributed by atoms with van der Waals surface area (Å²) in [5, 5.41) is 15.6. The molecule has 0 aliphatic heterocycles. The van der Waals surface area contributed by atoms with Crippen LogP contribution in [0.3, 0.4) is 0 Å². The van der Waals surface area contributed by atoms with Gasteiger partial charge in [-0.2, -0.15) is 4.98 Å². The second-order valence-electron chi connectivity index (χ2n) is 5.13. The van der Waals surface area contributed by atoms with E-state index in [9.17, 15) is 4.79 Å². The van der Waals surface area contributed by atoms with Gasteiger partial charge in [-0.3, -0.25) is 4.79 Å². The quantitative estimate of drug-likeness (QED) is 0.635. The van der Waals surface area contributed by atoms with Crippen molar-refractivity contribution in [2.75, 3.05) is 13.2 Å². The number of hydrogen-bond donors (Lipinski definition) is 2. The predicted octanol–water partition coefficient (Wildman–Crippen LogP) is 1.48. The van der Waals surface area contributed by atoms with Gasteiger partial charge in [0.05, 0.1) is 0 Å². The third-order valence-electron chi connectivity index (χ3n) is 3.06. The molecule has 0 aliphatic rings. The largest absolute Gasteiger partial charge is 0.396 e. The van der Waals surface area contributed by atoms with Gasteiger partial charge in [0.1, 0.15) is 0 Å². The molecule has 1 atom stereocenters. The highest BCUT2D eigenvalue weighted by Crippen LogP contribution is 2.04. The molecule has 0 fully saturated rings. The first-order chi connectivity index (χ1) is 9.65. The lowest BCUT2D eigenvalue weighted by molar-refractivity contribution is -0.121. The Labute approximate surface area is 120 Å². The van der Waals surface area contributed by atoms with Crippen molar-refractivity contribution < 1.29 is 14.4 Å². The number of aromatic nitrogens is 2. The fraction of sp³-hybridized carbons (Fsp3) is 0.786. The summed E-state index contributed by atoms with van der Waals surface area (Å²) in [6, 6.07) is 0. The highest BCUT2D eigenvalue weighted by atomic mass is 16.5. The van der Waals surface area contributed by atoms with Gasteiger partial charge in [0.2, 0.25) is 11.8 Å². The molecule has 0 aromatic carbocycles. The van der Waals surface area contributed by atoms with E-state index in [1.165, 1.54) is 0 Å². The second kappa shape index (κ2) is 9.47. The fourth-order valence-corrected chi connectivity index (χ4v) is 1.80. The van der Waals surface area contributed by atoms with Crippen LogP contribution in [-0.2, 0) is 17.6 Å². The Morgan fingerprint density at radius 2 is 2.25 bits per heavy atom. The average molecular weight is 283 g/mol. The highest BCUT2D eigenvalue weighted by molar-refractivity contribution is 5.75. The van der Waals surface area contributed by atoms with E-state index in [1.54, 1.807) is 0 Å². The Morgan fingerprint density at radius 3 is 2.95 bits per heavy atom. The van der Waals surface area contributed by atoms with E-state index >= 15 is 0 Å². The molecule has 6 heteroatoms. The number of aliphatic hydroxyl groups excluding tert-OH is 1. The number of carbonyl (C=O) groups is 1. The summed E-state index contributed by atoms with van der Waals surface area (Å²) in [7, 11) is 0. The molecule has 0 radical (unpaired) electrons. The number of hydrogen-bond acceptors (Lipinski definition) is 5. The summed E-state index contributed by atoms with van der Waals surface area (Å²) in [6.07, 6.45) is 4.43. The number of aryl methyl sites for hydroxylation is 2. The minimum Gasteiger partial charge on any atom is -0.396 e. The van der Waals surface area contributed by atoms with Crippen molar-refractivity contribution in [3.63, 3.8) is 0 Å². The molecule has 1 amide bonds. The number of nitrogens with one attached hydrogen (secondary N) is 1. The van der Waals surface area contributed by atoms with Gasteiger partial charge in [-0.05, 0) is 25.2 Å². The zero-order valence-electron chi connectivity index (χ0n) is 12.4. The summed E-state index contributed by atoms with van der Waals surface area (Å²) in [5.74, 6) is 1.53. The Bertz CT molecular complexity index is 393. The SMILES string of the molecule is CCCc1noc(CCC(=O)NCCCC(C)CO)n1. The van der Waals surface area contributed by atoms with Crippen LogP contribution in [0.2, 0.25) is 0 Å². The zero-order valence-corrected chi connectivity index (χ0v) is 12.4. The highest BCUT2D eigenvalue weighted by Gasteiger charge is 2.08. The molecule has 0 aliphatic carbocycles. The van der Waals surface area contributed by atoms with Crippen molar-refractivity contribution >= 4 is 5.91 Å². The molecule has 2 N–H and O–H groups in total. The molecular weight excluding hydrogens is 258 g/mol. The minimum atomic E-state index is -0.00288. The van der Waals surface area contributed by atoms with Crippen molar-refractivity contribution in [1.82, 2.24) is 15.5 Å². The van der Waals surface area contributed by atoms with Crippen LogP contribution in [0.1, 0.15) is 51.2 Å². The van der Waals surface area contributed by atoms with E-state index in [0.717, 1.165) is 25.7 Å². The van der Waals surface area contributed by atoms with Gasteiger partial charge in [-0.1, -0.05) is 19.0 Å². The van der Waals surface area contributed by atoms with Crippen LogP contribution in [0.15, 0.2) is 4.52 Å². The molecule has 6 nitrogen and oxygen atoms in total. The maximum Gasteiger partial charge on any atom is 0.227 e. The van der Waals surface area contributed by atoms with Gasteiger partial charge in [0.15, 0.2) is 5.82 Å². The van der Waals surface area contributed by atoms with Crippen LogP contribution in [0.25, 0.3) is 0 Å². The Balaban J connectivity index is 2.12. The molecule has 0 bridgehead atoms. The van der Waals surface area contributed by atoms with Crippen molar-refractivity contribution in [3.8, 4) is 0 Å². The zero-order chi connectivity index (χ0) is 14.8. The lowest BCUT2D eigenvalue weighted by Gasteiger charge is -2.07. The van der Waals surface area contributed by atoms with Gasteiger partial charge in [-0.15, -0.1) is 0 Å². The summed E-state index contributed by atoms with van der Waals surface area (Å²) < 4.78 is 5.07. The maximum atomic E-state index is 11.6. The summed E-state index contributed by atoms with van der Waals surface area (Å²) in [4.78, 5) is 15.8. The predicted molar refractivity (Wildman–Crippen MR) is 75.1 cm³/mol. The number of aliphatic hydroxyl groups is 1. The van der Waals surface area contributed by atoms with E-state index in [2.05, 4.69) is 22.4 Å². The van der Waals surface area contributed by atoms with E-state index in [4.69, 9.17) is 9.63 Å². The van der Waals surface area contributed by atoms with Gasteiger partial charge in [0, 0.05) is 32.4 Å². The van der Waals surface area contributed by atoms with Crippen LogP contribution in [-0.4, -0.2) is 34.3 Å². The second-order valence-corrected chi connectivity index (χ2v) is 5.13. The number of carbonyl (C=O) groups excluding carboxylic acids is 1. The van der Waals surface area contributed by atoms with E-state index in [0.29, 0.717) is 37.0 Å². The first kappa shape index (κ1) is 16.6. The average Bonchev–Trinajstić information content (AvgIpc) is 2.89. The standard InChI is InChI=1S/C14H25N3O3/c1-3-5-12-16-14(20-17-12)8-7-13(19)15-9-4-6-11(2)10-18/h11,18H,3-10H2,1-2H3,(H,15,19). The fourth-order valence-electron chi connectivity index (χ4n) is 1.80. The molecule has 1 aromatic heterocycles. The van der Waals surface area contributed by atoms with Crippen LogP contribution in [0.4, 0.5) is 0 Å². The van der Waals surface area contributed by atoms with Crippen LogP contribution in [0, 0.1) is 5.92 Å². The molecule has 1 heterocycles. The number of amides is 1. The molecule has 1 unspecified atom stereocenters. The summed E-state index contributed by atoms with van der Waals surface area (Å²) >= 11 is 0. The molecular formula is C14H25N3O3. The van der Waals surface area contributed by atoms with Gasteiger partial charge < -0.3 is 14.9 Å². The molecule has 1 aromatic rings. The number of nitrogens with zero attached hydrogens (tertiary/aromatic N) is 2. The normalized spacial score (nSPS) is 12.3. The van der Waals surface area contributed by atoms with Crippen LogP contribution >= 0.6 is 0 Å². The lowest BCUT2D eigenvalue weighted by atomic mass is 10.1. The van der Waals surface area contributed by atoms with Crippen LogP contribution in [0.5, 0.6) is 0 Å². The Kier molecular flexibility index (Phi) is 7.87. The first-order valence-corrected chi connectivity index (χ1v) is 7.34. The van der Waals surface area contributed by atoms with E-state index in [1.807, 2.05) is 6.92 Å². The molecule has 114 valence electrons. The molecule has 0 spiro atoms. The third kappa shape index (κ3) is 6.65. The first-order valence-electron chi connectivity index (χ1n) is 7.34. The van der Waals surface area contributed by atoms with Gasteiger partial charge >= 0.3 is 0 Å². The van der Waals surface area contributed by atoms with Crippen molar-refractivity contribution in [2.45, 2.75) is 52.4 Å². The molecule has 0 saturated carbocycles. The molecule has 0 saturated heterocycles. The van der Waals surface area contributed by atoms with Crippen LogP contribution < -0.4 is 5.32 Å². The monoisotopic (exact) mass is 283 g/mol. The molecule has 20 heavy (non-hydrogen) atoms. The Hall–Kier alpha value is -1.43. The minimum absolute atomic E-state index is 0.00288. The smallest absolute Gasteiger partial charge is 0.227 e. The summed E-state index contributed by atoms with van der Waals surface area (Å²) in [6.45, 7) is 4.89. The maximum absolute atomic E-state index is 11.6. The third-order valence-corrected chi connectivity index (χ3v) is 3.06. The topological polar surface area (TPSA) is 88.2 Å². The van der Waals surface area contributed by atoms with Crippen molar-refractivity contribution in [3.05, 3.63) is 11.7 Å². The lowest BCUT2D eigenvalue weighted by Crippen LogP contribution is -2.25. The summed E-state index contributed by atoms with van der Waals surface area (Å²) in [5.41, 5.74) is 0. The van der Waals surface area contributed by atoms with Crippen molar-refractivity contribution in [2.24, 2.45) is 5.92 Å². The Morgan fingerprint density at radius 1 is 1.45 bits per heavy atom. The van der Waals surface area contributed by atoms with Gasteiger partial charge in [-0.25, -0.2) is 0 Å². The number of rotatable bonds is 10. The molecule has 1 rings (SSSR count). The van der Waals surface area contributed by atoms with Gasteiger partial charge in [0.25, 0.3) is 0 Å². The van der Waals surface area contributed by atoms with Crippen molar-refractivity contribution in [1.29, 1.82) is 0 Å². The van der Waals surface area contributed by atoms with E-state index in [-0.39, 0.29) is 12.5 Å². The van der Waals surface area contributed by atoms with E-state index < -0.39 is 0 Å².